The van der Waals surface area contributed by atoms with E-state index in [1.165, 1.54) is 0 Å². The van der Waals surface area contributed by atoms with Gasteiger partial charge in [-0.15, -0.1) is 0 Å². The van der Waals surface area contributed by atoms with Crippen LogP contribution in [0, 0.1) is 0 Å². The average molecular weight is 298 g/mol. The van der Waals surface area contributed by atoms with E-state index in [4.69, 9.17) is 25.8 Å². The van der Waals surface area contributed by atoms with Crippen molar-refractivity contribution in [1.29, 1.82) is 0 Å². The van der Waals surface area contributed by atoms with Crippen LogP contribution in [0.5, 0.6) is 0 Å². The maximum atomic E-state index is 6.25. The molecule has 2 fully saturated rings. The van der Waals surface area contributed by atoms with Crippen molar-refractivity contribution in [2.45, 2.75) is 12.2 Å². The van der Waals surface area contributed by atoms with Crippen molar-refractivity contribution >= 4 is 11.6 Å². The van der Waals surface area contributed by atoms with Gasteiger partial charge in [0, 0.05) is 30.2 Å². The summed E-state index contributed by atoms with van der Waals surface area (Å²) in [6.07, 6.45) is 0.218. The zero-order chi connectivity index (χ0) is 13.8. The molecule has 0 N–H and O–H groups in total. The number of nitrogens with zero attached hydrogens (tertiary/aromatic N) is 1. The first-order valence-electron chi connectivity index (χ1n) is 7.10. The lowest BCUT2D eigenvalue weighted by molar-refractivity contribution is -0.111. The fraction of sp³-hybridized carbons (Fsp3) is 0.600. The molecule has 5 heteroatoms. The maximum absolute atomic E-state index is 6.25. The van der Waals surface area contributed by atoms with Gasteiger partial charge in [0.1, 0.15) is 0 Å². The summed E-state index contributed by atoms with van der Waals surface area (Å²) >= 11 is 6.25. The van der Waals surface area contributed by atoms with E-state index in [0.717, 1.165) is 36.8 Å². The summed E-state index contributed by atoms with van der Waals surface area (Å²) in [7, 11) is 0. The molecule has 3 rings (SSSR count). The van der Waals surface area contributed by atoms with Gasteiger partial charge in [-0.05, 0) is 6.07 Å². The summed E-state index contributed by atoms with van der Waals surface area (Å²) in [5, 5.41) is 0.775. The van der Waals surface area contributed by atoms with E-state index in [1.807, 2.05) is 24.3 Å². The Hall–Kier alpha value is -0.650. The smallest absolute Gasteiger partial charge is 0.0966 e. The third-order valence-corrected chi connectivity index (χ3v) is 4.09. The Labute approximate surface area is 124 Å². The van der Waals surface area contributed by atoms with E-state index in [-0.39, 0.29) is 12.2 Å². The summed E-state index contributed by atoms with van der Waals surface area (Å²) < 4.78 is 17.0. The molecule has 0 spiro atoms. The quantitative estimate of drug-likeness (QED) is 0.855. The first-order valence-corrected chi connectivity index (χ1v) is 7.48. The highest BCUT2D eigenvalue weighted by atomic mass is 35.5. The Bertz CT molecular complexity index is 437. The Morgan fingerprint density at radius 1 is 1.15 bits per heavy atom. The number of halogens is 1. The number of morpholine rings is 1. The van der Waals surface area contributed by atoms with E-state index >= 15 is 0 Å². The van der Waals surface area contributed by atoms with Crippen molar-refractivity contribution in [3.63, 3.8) is 0 Å². The molecule has 0 radical (unpaired) electrons. The van der Waals surface area contributed by atoms with Crippen LogP contribution in [0.15, 0.2) is 24.3 Å². The molecule has 0 amide bonds. The molecule has 2 atom stereocenters. The number of hydrogen-bond acceptors (Lipinski definition) is 4. The van der Waals surface area contributed by atoms with Crippen molar-refractivity contribution in [1.82, 2.24) is 4.90 Å². The van der Waals surface area contributed by atoms with Crippen LogP contribution >= 0.6 is 11.6 Å². The monoisotopic (exact) mass is 297 g/mol. The van der Waals surface area contributed by atoms with Gasteiger partial charge < -0.3 is 14.2 Å². The molecule has 20 heavy (non-hydrogen) atoms. The summed E-state index contributed by atoms with van der Waals surface area (Å²) in [5.41, 5.74) is 1.07. The van der Waals surface area contributed by atoms with Crippen LogP contribution < -0.4 is 0 Å². The van der Waals surface area contributed by atoms with Gasteiger partial charge in [-0.3, -0.25) is 4.90 Å². The van der Waals surface area contributed by atoms with E-state index in [0.29, 0.717) is 19.8 Å². The number of ether oxygens (including phenoxy) is 3. The molecule has 1 aromatic carbocycles. The minimum atomic E-state index is 0.0435. The maximum Gasteiger partial charge on any atom is 0.0966 e. The highest BCUT2D eigenvalue weighted by Crippen LogP contribution is 2.28. The summed E-state index contributed by atoms with van der Waals surface area (Å²) in [6.45, 7) is 5.50. The minimum Gasteiger partial charge on any atom is -0.376 e. The van der Waals surface area contributed by atoms with E-state index in [1.54, 1.807) is 0 Å². The number of rotatable bonds is 3. The molecule has 0 aliphatic carbocycles. The van der Waals surface area contributed by atoms with Gasteiger partial charge in [0.2, 0.25) is 0 Å². The molecule has 1 unspecified atom stereocenters. The fourth-order valence-electron chi connectivity index (χ4n) is 2.72. The zero-order valence-corrected chi connectivity index (χ0v) is 12.2. The largest absolute Gasteiger partial charge is 0.376 e. The van der Waals surface area contributed by atoms with Crippen molar-refractivity contribution in [3.8, 4) is 0 Å². The van der Waals surface area contributed by atoms with Crippen LogP contribution in [0.25, 0.3) is 0 Å². The molecule has 110 valence electrons. The lowest BCUT2D eigenvalue weighted by Gasteiger charge is -2.36. The Balaban J connectivity index is 1.60. The van der Waals surface area contributed by atoms with E-state index in [9.17, 15) is 0 Å². The molecule has 2 saturated heterocycles. The van der Waals surface area contributed by atoms with E-state index < -0.39 is 0 Å². The Kier molecular flexibility index (Phi) is 4.91. The van der Waals surface area contributed by atoms with Gasteiger partial charge in [0.15, 0.2) is 0 Å². The zero-order valence-electron chi connectivity index (χ0n) is 11.5. The van der Waals surface area contributed by atoms with Gasteiger partial charge in [0.25, 0.3) is 0 Å². The lowest BCUT2D eigenvalue weighted by Crippen LogP contribution is -2.45. The highest BCUT2D eigenvalue weighted by Gasteiger charge is 2.26. The minimum absolute atomic E-state index is 0.0435. The third kappa shape index (κ3) is 3.51. The molecular weight excluding hydrogens is 278 g/mol. The van der Waals surface area contributed by atoms with Gasteiger partial charge >= 0.3 is 0 Å². The van der Waals surface area contributed by atoms with Gasteiger partial charge in [-0.1, -0.05) is 29.8 Å². The Morgan fingerprint density at radius 3 is 2.85 bits per heavy atom. The summed E-state index contributed by atoms with van der Waals surface area (Å²) in [4.78, 5) is 2.37. The van der Waals surface area contributed by atoms with Crippen molar-refractivity contribution < 1.29 is 14.2 Å². The van der Waals surface area contributed by atoms with Crippen LogP contribution in [-0.2, 0) is 14.2 Å². The Morgan fingerprint density at radius 2 is 2.05 bits per heavy atom. The molecule has 0 bridgehead atoms. The second-order valence-electron chi connectivity index (χ2n) is 5.21. The molecule has 0 aromatic heterocycles. The average Bonchev–Trinajstić information content (AvgIpc) is 2.49. The predicted molar refractivity (Wildman–Crippen MR) is 77.1 cm³/mol. The van der Waals surface area contributed by atoms with Gasteiger partial charge in [-0.2, -0.15) is 0 Å². The lowest BCUT2D eigenvalue weighted by atomic mass is 10.1. The van der Waals surface area contributed by atoms with Crippen LogP contribution in [0.1, 0.15) is 11.7 Å². The van der Waals surface area contributed by atoms with Gasteiger partial charge in [-0.25, -0.2) is 0 Å². The van der Waals surface area contributed by atoms with Crippen LogP contribution in [0.4, 0.5) is 0 Å². The second-order valence-corrected chi connectivity index (χ2v) is 5.62. The second kappa shape index (κ2) is 6.87. The van der Waals surface area contributed by atoms with Crippen molar-refractivity contribution in [2.75, 3.05) is 46.1 Å². The SMILES string of the molecule is Clc1ccccc1C1CN(C[C@H]2COCCO2)CCO1. The number of benzene rings is 1. The van der Waals surface area contributed by atoms with Crippen LogP contribution in [0.3, 0.4) is 0 Å². The summed E-state index contributed by atoms with van der Waals surface area (Å²) in [6, 6.07) is 7.90. The molecular formula is C15H20ClNO3. The molecule has 4 nitrogen and oxygen atoms in total. The molecule has 1 aromatic rings. The highest BCUT2D eigenvalue weighted by molar-refractivity contribution is 6.31. The predicted octanol–water partition coefficient (Wildman–Crippen LogP) is 2.13. The van der Waals surface area contributed by atoms with Crippen molar-refractivity contribution in [2.24, 2.45) is 0 Å². The van der Waals surface area contributed by atoms with Gasteiger partial charge in [0.05, 0.1) is 38.6 Å². The molecule has 2 heterocycles. The first kappa shape index (κ1) is 14.3. The molecule has 0 saturated carbocycles. The molecule has 2 aliphatic rings. The normalized spacial score (nSPS) is 28.4. The standard InChI is InChI=1S/C15H20ClNO3/c16-14-4-2-1-3-13(14)15-10-17(5-6-20-15)9-12-11-18-7-8-19-12/h1-4,12,15H,5-11H2/t12-,15?/m0/s1. The topological polar surface area (TPSA) is 30.9 Å². The van der Waals surface area contributed by atoms with Crippen LogP contribution in [0.2, 0.25) is 5.02 Å². The number of hydrogen-bond donors (Lipinski definition) is 0. The summed E-state index contributed by atoms with van der Waals surface area (Å²) in [5.74, 6) is 0. The third-order valence-electron chi connectivity index (χ3n) is 3.75. The first-order chi connectivity index (χ1) is 9.83. The van der Waals surface area contributed by atoms with Crippen LogP contribution in [-0.4, -0.2) is 57.1 Å². The van der Waals surface area contributed by atoms with E-state index in [2.05, 4.69) is 4.90 Å². The fourth-order valence-corrected chi connectivity index (χ4v) is 2.98. The van der Waals surface area contributed by atoms with Crippen molar-refractivity contribution in [3.05, 3.63) is 34.9 Å². The molecule has 2 aliphatic heterocycles.